The van der Waals surface area contributed by atoms with E-state index in [0.29, 0.717) is 12.2 Å². The molecule has 0 N–H and O–H groups in total. The van der Waals surface area contributed by atoms with E-state index in [1.165, 1.54) is 24.0 Å². The summed E-state index contributed by atoms with van der Waals surface area (Å²) in [6.45, 7) is 0. The van der Waals surface area contributed by atoms with Gasteiger partial charge in [0.1, 0.15) is 0 Å². The van der Waals surface area contributed by atoms with Crippen molar-refractivity contribution in [1.29, 1.82) is 0 Å². The Balaban J connectivity index is 2.23. The molecule has 2 atom stereocenters. The highest BCUT2D eigenvalue weighted by atomic mass is 16.5. The zero-order chi connectivity index (χ0) is 7.26. The summed E-state index contributed by atoms with van der Waals surface area (Å²) in [5.74, 6) is 0. The molecule has 0 amide bonds. The lowest BCUT2D eigenvalue weighted by Gasteiger charge is -2.08. The van der Waals surface area contributed by atoms with Gasteiger partial charge in [-0.05, 0) is 24.5 Å². The van der Waals surface area contributed by atoms with Gasteiger partial charge in [0.15, 0.2) is 0 Å². The van der Waals surface area contributed by atoms with E-state index in [-0.39, 0.29) is 0 Å². The molecule has 2 aliphatic heterocycles. The number of hydrogen-bond acceptors (Lipinski definition) is 2. The van der Waals surface area contributed by atoms with E-state index in [1.807, 2.05) is 12.4 Å². The predicted molar refractivity (Wildman–Crippen MR) is 40.0 cm³/mol. The first-order valence-corrected chi connectivity index (χ1v) is 4.04. The van der Waals surface area contributed by atoms with Crippen LogP contribution in [0.2, 0.25) is 0 Å². The fraction of sp³-hybridized carbons (Fsp3) is 0.444. The third-order valence-corrected chi connectivity index (χ3v) is 2.60. The van der Waals surface area contributed by atoms with Gasteiger partial charge in [0.05, 0.1) is 12.2 Å². The zero-order valence-corrected chi connectivity index (χ0v) is 6.16. The molecule has 11 heavy (non-hydrogen) atoms. The van der Waals surface area contributed by atoms with Gasteiger partial charge >= 0.3 is 0 Å². The lowest BCUT2D eigenvalue weighted by molar-refractivity contribution is 0.0716. The average Bonchev–Trinajstić information content (AvgIpc) is 2.64. The molecule has 56 valence electrons. The maximum Gasteiger partial charge on any atom is 0.0852 e. The van der Waals surface area contributed by atoms with E-state index in [1.54, 1.807) is 0 Å². The molecule has 0 aromatic carbocycles. The third kappa shape index (κ3) is 0.627. The van der Waals surface area contributed by atoms with Gasteiger partial charge in [-0.3, -0.25) is 4.98 Å². The number of ether oxygens (including phenoxy) is 1. The van der Waals surface area contributed by atoms with E-state index < -0.39 is 0 Å². The van der Waals surface area contributed by atoms with E-state index in [9.17, 15) is 0 Å². The quantitative estimate of drug-likeness (QED) is 0.559. The van der Waals surface area contributed by atoms with Crippen molar-refractivity contribution in [2.24, 2.45) is 0 Å². The van der Waals surface area contributed by atoms with Crippen LogP contribution in [0, 0.1) is 0 Å². The molecule has 0 saturated carbocycles. The standard InChI is InChI=1S/C9H9NO/c1-2-9-7-5-10-4-3-6(7)8(1)11-9/h3-5,8-9H,1-2H2. The van der Waals surface area contributed by atoms with Crippen LogP contribution in [0.5, 0.6) is 0 Å². The average molecular weight is 147 g/mol. The summed E-state index contributed by atoms with van der Waals surface area (Å²) in [7, 11) is 0. The minimum Gasteiger partial charge on any atom is -0.366 e. The van der Waals surface area contributed by atoms with Crippen LogP contribution in [0.3, 0.4) is 0 Å². The minimum atomic E-state index is 0.365. The predicted octanol–water partition coefficient (Wildman–Crippen LogP) is 1.99. The second-order valence-corrected chi connectivity index (χ2v) is 3.20. The Morgan fingerprint density at radius 3 is 2.91 bits per heavy atom. The molecule has 2 nitrogen and oxygen atoms in total. The highest BCUT2D eigenvalue weighted by Crippen LogP contribution is 2.49. The van der Waals surface area contributed by atoms with E-state index in [2.05, 4.69) is 11.1 Å². The van der Waals surface area contributed by atoms with Crippen molar-refractivity contribution in [2.75, 3.05) is 0 Å². The normalized spacial score (nSPS) is 32.4. The van der Waals surface area contributed by atoms with E-state index >= 15 is 0 Å². The first kappa shape index (κ1) is 5.72. The second kappa shape index (κ2) is 1.83. The Hall–Kier alpha value is -0.890. The smallest absolute Gasteiger partial charge is 0.0852 e. The van der Waals surface area contributed by atoms with Crippen LogP contribution in [0.4, 0.5) is 0 Å². The van der Waals surface area contributed by atoms with Gasteiger partial charge < -0.3 is 4.74 Å². The summed E-state index contributed by atoms with van der Waals surface area (Å²) in [5.41, 5.74) is 2.69. The summed E-state index contributed by atoms with van der Waals surface area (Å²) in [6.07, 6.45) is 6.93. The molecule has 1 aromatic rings. The fourth-order valence-electron chi connectivity index (χ4n) is 2.07. The largest absolute Gasteiger partial charge is 0.366 e. The van der Waals surface area contributed by atoms with Crippen molar-refractivity contribution >= 4 is 0 Å². The van der Waals surface area contributed by atoms with Crippen LogP contribution in [-0.4, -0.2) is 4.98 Å². The number of hydrogen-bond donors (Lipinski definition) is 0. The fourth-order valence-corrected chi connectivity index (χ4v) is 2.07. The number of aromatic nitrogens is 1. The van der Waals surface area contributed by atoms with Gasteiger partial charge in [-0.2, -0.15) is 0 Å². The lowest BCUT2D eigenvalue weighted by Crippen LogP contribution is -1.97. The number of pyridine rings is 1. The molecule has 0 aliphatic carbocycles. The second-order valence-electron chi connectivity index (χ2n) is 3.20. The van der Waals surface area contributed by atoms with Crippen LogP contribution in [-0.2, 0) is 4.74 Å². The summed E-state index contributed by atoms with van der Waals surface area (Å²) < 4.78 is 5.70. The van der Waals surface area contributed by atoms with Crippen LogP contribution in [0.1, 0.15) is 36.2 Å². The summed E-state index contributed by atoms with van der Waals surface area (Å²) in [5, 5.41) is 0. The maximum atomic E-state index is 5.70. The molecule has 2 unspecified atom stereocenters. The summed E-state index contributed by atoms with van der Waals surface area (Å²) in [4.78, 5) is 4.10. The van der Waals surface area contributed by atoms with Crippen LogP contribution in [0.25, 0.3) is 0 Å². The number of fused-ring (bicyclic) bond motifs is 5. The molecule has 2 bridgehead atoms. The van der Waals surface area contributed by atoms with E-state index in [4.69, 9.17) is 4.74 Å². The Bertz CT molecular complexity index is 268. The Morgan fingerprint density at radius 2 is 2.09 bits per heavy atom. The minimum absolute atomic E-state index is 0.365. The third-order valence-electron chi connectivity index (χ3n) is 2.60. The highest BCUT2D eigenvalue weighted by Gasteiger charge is 2.37. The lowest BCUT2D eigenvalue weighted by atomic mass is 9.94. The number of nitrogens with zero attached hydrogens (tertiary/aromatic N) is 1. The molecular formula is C9H9NO. The van der Waals surface area contributed by atoms with Crippen LogP contribution in [0.15, 0.2) is 18.5 Å². The molecule has 1 saturated heterocycles. The van der Waals surface area contributed by atoms with Gasteiger partial charge in [-0.15, -0.1) is 0 Å². The molecule has 2 heteroatoms. The molecule has 0 radical (unpaired) electrons. The van der Waals surface area contributed by atoms with Crippen molar-refractivity contribution in [3.63, 3.8) is 0 Å². The van der Waals surface area contributed by atoms with Crippen molar-refractivity contribution in [1.82, 2.24) is 4.98 Å². The molecule has 2 aliphatic rings. The molecule has 0 spiro atoms. The number of rotatable bonds is 0. The van der Waals surface area contributed by atoms with Gasteiger partial charge in [-0.1, -0.05) is 0 Å². The monoisotopic (exact) mass is 147 g/mol. The van der Waals surface area contributed by atoms with Gasteiger partial charge in [0.2, 0.25) is 0 Å². The molecule has 3 heterocycles. The summed E-state index contributed by atoms with van der Waals surface area (Å²) >= 11 is 0. The maximum absolute atomic E-state index is 5.70. The van der Waals surface area contributed by atoms with Crippen molar-refractivity contribution in [3.8, 4) is 0 Å². The van der Waals surface area contributed by atoms with Crippen molar-refractivity contribution in [2.45, 2.75) is 25.0 Å². The van der Waals surface area contributed by atoms with Gasteiger partial charge in [0.25, 0.3) is 0 Å². The molecule has 1 aromatic heterocycles. The Labute approximate surface area is 65.2 Å². The van der Waals surface area contributed by atoms with Crippen LogP contribution < -0.4 is 0 Å². The highest BCUT2D eigenvalue weighted by molar-refractivity contribution is 5.33. The van der Waals surface area contributed by atoms with Crippen LogP contribution >= 0.6 is 0 Å². The Morgan fingerprint density at radius 1 is 1.27 bits per heavy atom. The topological polar surface area (TPSA) is 22.1 Å². The first-order valence-electron chi connectivity index (χ1n) is 4.04. The van der Waals surface area contributed by atoms with Gasteiger partial charge in [-0.25, -0.2) is 0 Å². The molecular weight excluding hydrogens is 138 g/mol. The SMILES string of the molecule is c1cc2c(cn1)C1CCC2O1. The summed E-state index contributed by atoms with van der Waals surface area (Å²) in [6, 6.07) is 2.08. The molecule has 1 fully saturated rings. The molecule has 3 rings (SSSR count). The van der Waals surface area contributed by atoms with Crippen molar-refractivity contribution in [3.05, 3.63) is 29.6 Å². The first-order chi connectivity index (χ1) is 5.45. The van der Waals surface area contributed by atoms with Gasteiger partial charge in [0, 0.05) is 18.0 Å². The Kier molecular flexibility index (Phi) is 0.950. The van der Waals surface area contributed by atoms with E-state index in [0.717, 1.165) is 0 Å². The van der Waals surface area contributed by atoms with Crippen molar-refractivity contribution < 1.29 is 4.74 Å². The zero-order valence-electron chi connectivity index (χ0n) is 6.16.